The molecule has 0 spiro atoms. The Labute approximate surface area is 159 Å². The van der Waals surface area contributed by atoms with E-state index < -0.39 is 0 Å². The summed E-state index contributed by atoms with van der Waals surface area (Å²) in [6, 6.07) is 16.0. The first-order valence-electron chi connectivity index (χ1n) is 8.31. The maximum absolute atomic E-state index is 12.4. The monoisotopic (exact) mass is 382 g/mol. The molecule has 2 aromatic carbocycles. The number of para-hydroxylation sites is 2. The van der Waals surface area contributed by atoms with Gasteiger partial charge < -0.3 is 5.32 Å². The van der Waals surface area contributed by atoms with E-state index in [4.69, 9.17) is 0 Å². The van der Waals surface area contributed by atoms with E-state index in [2.05, 4.69) is 28.3 Å². The summed E-state index contributed by atoms with van der Waals surface area (Å²) in [6.45, 7) is 2.36. The Morgan fingerprint density at radius 2 is 1.65 bits per heavy atom. The number of rotatable bonds is 5. The Kier molecular flexibility index (Phi) is 4.67. The molecular formula is C19H18N4OS2. The summed E-state index contributed by atoms with van der Waals surface area (Å²) in [5, 5.41) is 4.56. The highest BCUT2D eigenvalue weighted by atomic mass is 32.1. The van der Waals surface area contributed by atoms with Gasteiger partial charge in [0.25, 0.3) is 0 Å². The van der Waals surface area contributed by atoms with E-state index >= 15 is 0 Å². The fraction of sp³-hybridized carbons (Fsp3) is 0.211. The molecular weight excluding hydrogens is 364 g/mol. The molecule has 4 rings (SSSR count). The molecule has 0 bridgehead atoms. The molecule has 0 aliphatic heterocycles. The molecule has 5 nitrogen and oxygen atoms in total. The molecule has 132 valence electrons. The van der Waals surface area contributed by atoms with Crippen LogP contribution >= 0.6 is 22.7 Å². The van der Waals surface area contributed by atoms with Crippen LogP contribution in [0.25, 0.3) is 20.4 Å². The molecule has 1 unspecified atom stereocenters. The summed E-state index contributed by atoms with van der Waals surface area (Å²) in [5.41, 5.74) is 1.91. The quantitative estimate of drug-likeness (QED) is 0.551. The number of hydrogen-bond acceptors (Lipinski definition) is 6. The fourth-order valence-electron chi connectivity index (χ4n) is 2.71. The molecule has 0 saturated heterocycles. The fourth-order valence-corrected chi connectivity index (χ4v) is 4.67. The van der Waals surface area contributed by atoms with Gasteiger partial charge in [-0.3, -0.25) is 9.69 Å². The highest BCUT2D eigenvalue weighted by Gasteiger charge is 2.19. The number of amides is 1. The van der Waals surface area contributed by atoms with Crippen LogP contribution in [0.4, 0.5) is 5.13 Å². The van der Waals surface area contributed by atoms with Crippen molar-refractivity contribution in [1.82, 2.24) is 14.9 Å². The van der Waals surface area contributed by atoms with Gasteiger partial charge >= 0.3 is 0 Å². The number of fused-ring (bicyclic) bond motifs is 2. The zero-order valence-electron chi connectivity index (χ0n) is 14.5. The average Bonchev–Trinajstić information content (AvgIpc) is 3.23. The smallest absolute Gasteiger partial charge is 0.240 e. The van der Waals surface area contributed by atoms with Crippen molar-refractivity contribution >= 4 is 54.1 Å². The number of nitrogens with one attached hydrogen (secondary N) is 1. The number of aromatic nitrogens is 2. The Balaban J connectivity index is 1.42. The molecule has 1 N–H and O–H groups in total. The third-order valence-electron chi connectivity index (χ3n) is 4.26. The summed E-state index contributed by atoms with van der Waals surface area (Å²) < 4.78 is 2.24. The Hall–Kier alpha value is -2.35. The van der Waals surface area contributed by atoms with E-state index in [9.17, 15) is 4.79 Å². The molecule has 7 heteroatoms. The van der Waals surface area contributed by atoms with Crippen LogP contribution in [0.15, 0.2) is 48.5 Å². The number of benzene rings is 2. The van der Waals surface area contributed by atoms with Crippen molar-refractivity contribution in [3.8, 4) is 0 Å². The predicted molar refractivity (Wildman–Crippen MR) is 109 cm³/mol. The number of anilines is 1. The number of carbonyl (C=O) groups excluding carboxylic acids is 1. The summed E-state index contributed by atoms with van der Waals surface area (Å²) >= 11 is 3.16. The lowest BCUT2D eigenvalue weighted by Crippen LogP contribution is -2.32. The van der Waals surface area contributed by atoms with Crippen LogP contribution in [0, 0.1) is 0 Å². The van der Waals surface area contributed by atoms with Gasteiger partial charge in [0.15, 0.2) is 5.13 Å². The first kappa shape index (κ1) is 17.1. The zero-order chi connectivity index (χ0) is 18.1. The normalized spacial score (nSPS) is 12.7. The molecule has 0 radical (unpaired) electrons. The Morgan fingerprint density at radius 3 is 2.31 bits per heavy atom. The second-order valence-corrected chi connectivity index (χ2v) is 8.24. The molecule has 0 aliphatic rings. The van der Waals surface area contributed by atoms with Gasteiger partial charge in [0.1, 0.15) is 5.01 Å². The van der Waals surface area contributed by atoms with E-state index in [1.165, 1.54) is 16.0 Å². The van der Waals surface area contributed by atoms with Crippen LogP contribution in [0.5, 0.6) is 0 Å². The molecule has 2 heterocycles. The molecule has 0 fully saturated rings. The SMILES string of the molecule is CC(c1nc2ccccc2s1)N(C)CC(=O)Nc1nc2ccccc2s1. The summed E-state index contributed by atoms with van der Waals surface area (Å²) in [7, 11) is 1.94. The van der Waals surface area contributed by atoms with E-state index in [0.717, 1.165) is 20.7 Å². The minimum atomic E-state index is -0.0699. The maximum atomic E-state index is 12.4. The zero-order valence-corrected chi connectivity index (χ0v) is 16.1. The van der Waals surface area contributed by atoms with Gasteiger partial charge in [-0.25, -0.2) is 9.97 Å². The van der Waals surface area contributed by atoms with E-state index in [1.54, 1.807) is 11.3 Å². The van der Waals surface area contributed by atoms with Crippen LogP contribution in [0.2, 0.25) is 0 Å². The molecule has 2 aromatic heterocycles. The van der Waals surface area contributed by atoms with Gasteiger partial charge in [0, 0.05) is 0 Å². The number of likely N-dealkylation sites (N-methyl/N-ethyl adjacent to an activating group) is 1. The number of thiazole rings is 2. The van der Waals surface area contributed by atoms with Crippen LogP contribution in [0.1, 0.15) is 18.0 Å². The lowest BCUT2D eigenvalue weighted by Gasteiger charge is -2.21. The largest absolute Gasteiger partial charge is 0.301 e. The lowest BCUT2D eigenvalue weighted by atomic mass is 10.3. The Morgan fingerprint density at radius 1 is 1.04 bits per heavy atom. The second kappa shape index (κ2) is 7.11. The van der Waals surface area contributed by atoms with Gasteiger partial charge in [-0.1, -0.05) is 35.6 Å². The van der Waals surface area contributed by atoms with Crippen molar-refractivity contribution in [3.05, 3.63) is 53.5 Å². The highest BCUT2D eigenvalue weighted by molar-refractivity contribution is 7.22. The second-order valence-electron chi connectivity index (χ2n) is 6.15. The van der Waals surface area contributed by atoms with Crippen LogP contribution < -0.4 is 5.32 Å². The van der Waals surface area contributed by atoms with Crippen LogP contribution in [-0.4, -0.2) is 34.4 Å². The third-order valence-corrected chi connectivity index (χ3v) is 6.42. The summed E-state index contributed by atoms with van der Waals surface area (Å²) in [6.07, 6.45) is 0. The molecule has 1 amide bonds. The molecule has 0 aliphatic carbocycles. The van der Waals surface area contributed by atoms with Gasteiger partial charge in [0.2, 0.25) is 5.91 Å². The minimum absolute atomic E-state index is 0.0634. The summed E-state index contributed by atoms with van der Waals surface area (Å²) in [5.74, 6) is -0.0699. The van der Waals surface area contributed by atoms with Crippen molar-refractivity contribution in [2.45, 2.75) is 13.0 Å². The van der Waals surface area contributed by atoms with Gasteiger partial charge in [-0.15, -0.1) is 11.3 Å². The summed E-state index contributed by atoms with van der Waals surface area (Å²) in [4.78, 5) is 23.5. The highest BCUT2D eigenvalue weighted by Crippen LogP contribution is 2.29. The number of hydrogen-bond donors (Lipinski definition) is 1. The van der Waals surface area contributed by atoms with Crippen molar-refractivity contribution < 1.29 is 4.79 Å². The molecule has 26 heavy (non-hydrogen) atoms. The van der Waals surface area contributed by atoms with Gasteiger partial charge in [0.05, 0.1) is 33.0 Å². The predicted octanol–water partition coefficient (Wildman–Crippen LogP) is 4.54. The number of carbonyl (C=O) groups is 1. The standard InChI is InChI=1S/C19H18N4OS2/c1-12(18-20-13-7-3-5-9-15(13)25-18)23(2)11-17(24)22-19-21-14-8-4-6-10-16(14)26-19/h3-10,12H,11H2,1-2H3,(H,21,22,24). The van der Waals surface area contributed by atoms with Gasteiger partial charge in [-0.05, 0) is 38.2 Å². The molecule has 4 aromatic rings. The Bertz CT molecular complexity index is 1010. The first-order valence-corrected chi connectivity index (χ1v) is 9.94. The molecule has 0 saturated carbocycles. The van der Waals surface area contributed by atoms with Crippen LogP contribution in [0.3, 0.4) is 0 Å². The lowest BCUT2D eigenvalue weighted by molar-refractivity contribution is -0.117. The van der Waals surface area contributed by atoms with Crippen molar-refractivity contribution in [1.29, 1.82) is 0 Å². The number of nitrogens with zero attached hydrogens (tertiary/aromatic N) is 3. The maximum Gasteiger partial charge on any atom is 0.240 e. The van der Waals surface area contributed by atoms with Crippen molar-refractivity contribution in [2.75, 3.05) is 18.9 Å². The first-order chi connectivity index (χ1) is 12.6. The van der Waals surface area contributed by atoms with E-state index in [0.29, 0.717) is 5.13 Å². The van der Waals surface area contributed by atoms with Gasteiger partial charge in [-0.2, -0.15) is 0 Å². The van der Waals surface area contributed by atoms with Crippen LogP contribution in [-0.2, 0) is 4.79 Å². The topological polar surface area (TPSA) is 58.1 Å². The molecule has 1 atom stereocenters. The third kappa shape index (κ3) is 3.46. The van der Waals surface area contributed by atoms with Crippen molar-refractivity contribution in [3.63, 3.8) is 0 Å². The van der Waals surface area contributed by atoms with Crippen molar-refractivity contribution in [2.24, 2.45) is 0 Å². The average molecular weight is 383 g/mol. The minimum Gasteiger partial charge on any atom is -0.301 e. The van der Waals surface area contributed by atoms with E-state index in [1.807, 2.05) is 54.4 Å². The van der Waals surface area contributed by atoms with E-state index in [-0.39, 0.29) is 18.5 Å².